The number of benzene rings is 2. The molecule has 1 heterocycles. The normalized spacial score (nSPS) is 31.5. The number of ether oxygens (including phenoxy) is 4. The largest absolute Gasteiger partial charge is 0.504 e. The van der Waals surface area contributed by atoms with Crippen LogP contribution in [0.2, 0.25) is 0 Å². The Morgan fingerprint density at radius 1 is 0.865 bits per heavy atom. The Labute approximate surface area is 214 Å². The second-order valence-corrected chi connectivity index (χ2v) is 9.47. The summed E-state index contributed by atoms with van der Waals surface area (Å²) in [5.41, 5.74) is 2.34. The fourth-order valence-corrected chi connectivity index (χ4v) is 5.35. The van der Waals surface area contributed by atoms with Crippen molar-refractivity contribution < 1.29 is 54.7 Å². The summed E-state index contributed by atoms with van der Waals surface area (Å²) in [7, 11) is 2.88. The van der Waals surface area contributed by atoms with Crippen molar-refractivity contribution in [2.45, 2.75) is 43.0 Å². The minimum Gasteiger partial charge on any atom is -0.504 e. The van der Waals surface area contributed by atoms with Crippen LogP contribution in [0.3, 0.4) is 0 Å². The second-order valence-electron chi connectivity index (χ2n) is 9.47. The number of methoxy groups -OCH3 is 2. The SMILES string of the molecule is COc1cc([C@@H]2c3cc(O)c(OC)cc3C[C@@H](CO)[C@@H]2COC2O[C@H](CO)[C@@H](O)[C@H](O)[C@H]2O)ccc1O. The highest BCUT2D eigenvalue weighted by atomic mass is 16.7. The van der Waals surface area contributed by atoms with Gasteiger partial charge in [0, 0.05) is 12.5 Å². The summed E-state index contributed by atoms with van der Waals surface area (Å²) < 4.78 is 22.0. The van der Waals surface area contributed by atoms with Gasteiger partial charge in [0.1, 0.15) is 24.4 Å². The van der Waals surface area contributed by atoms with E-state index in [9.17, 15) is 35.7 Å². The van der Waals surface area contributed by atoms with E-state index in [2.05, 4.69) is 0 Å². The number of phenols is 2. The third-order valence-electron chi connectivity index (χ3n) is 7.39. The van der Waals surface area contributed by atoms with Gasteiger partial charge >= 0.3 is 0 Å². The maximum Gasteiger partial charge on any atom is 0.186 e. The van der Waals surface area contributed by atoms with E-state index in [1.807, 2.05) is 0 Å². The first-order chi connectivity index (χ1) is 17.7. The summed E-state index contributed by atoms with van der Waals surface area (Å²) in [5.74, 6) is -0.744. The minimum absolute atomic E-state index is 0.0476. The topological polar surface area (TPSA) is 179 Å². The summed E-state index contributed by atoms with van der Waals surface area (Å²) in [6.07, 6.45) is -6.68. The molecule has 37 heavy (non-hydrogen) atoms. The molecule has 0 amide bonds. The third kappa shape index (κ3) is 5.21. The van der Waals surface area contributed by atoms with E-state index >= 15 is 0 Å². The molecule has 0 spiro atoms. The number of hydrogen-bond donors (Lipinski definition) is 7. The van der Waals surface area contributed by atoms with E-state index in [1.165, 1.54) is 20.3 Å². The maximum atomic E-state index is 10.6. The first-order valence-electron chi connectivity index (χ1n) is 12.0. The second kappa shape index (κ2) is 11.4. The Bertz CT molecular complexity index is 1070. The highest BCUT2D eigenvalue weighted by Gasteiger charge is 2.45. The van der Waals surface area contributed by atoms with Crippen LogP contribution in [0.25, 0.3) is 0 Å². The van der Waals surface area contributed by atoms with Crippen molar-refractivity contribution in [1.82, 2.24) is 0 Å². The quantitative estimate of drug-likeness (QED) is 0.245. The monoisotopic (exact) mass is 522 g/mol. The lowest BCUT2D eigenvalue weighted by Gasteiger charge is -2.43. The fraction of sp³-hybridized carbons (Fsp3) is 0.538. The van der Waals surface area contributed by atoms with Crippen LogP contribution in [0.15, 0.2) is 30.3 Å². The molecule has 8 atom stereocenters. The predicted octanol–water partition coefficient (Wildman–Crippen LogP) is -0.156. The van der Waals surface area contributed by atoms with Crippen LogP contribution in [-0.2, 0) is 15.9 Å². The lowest BCUT2D eigenvalue weighted by Crippen LogP contribution is -2.59. The number of aliphatic hydroxyl groups excluding tert-OH is 5. The van der Waals surface area contributed by atoms with Crippen molar-refractivity contribution in [3.63, 3.8) is 0 Å². The van der Waals surface area contributed by atoms with Gasteiger partial charge in [-0.15, -0.1) is 0 Å². The zero-order chi connectivity index (χ0) is 26.9. The highest BCUT2D eigenvalue weighted by molar-refractivity contribution is 5.53. The Morgan fingerprint density at radius 3 is 2.22 bits per heavy atom. The third-order valence-corrected chi connectivity index (χ3v) is 7.39. The first-order valence-corrected chi connectivity index (χ1v) is 12.0. The lowest BCUT2D eigenvalue weighted by molar-refractivity contribution is -0.304. The van der Waals surface area contributed by atoms with Gasteiger partial charge in [-0.2, -0.15) is 0 Å². The van der Waals surface area contributed by atoms with Crippen molar-refractivity contribution in [2.24, 2.45) is 11.8 Å². The Hall–Kier alpha value is -2.64. The van der Waals surface area contributed by atoms with Crippen LogP contribution < -0.4 is 9.47 Å². The zero-order valence-corrected chi connectivity index (χ0v) is 20.6. The highest BCUT2D eigenvalue weighted by Crippen LogP contribution is 2.48. The Morgan fingerprint density at radius 2 is 1.57 bits per heavy atom. The van der Waals surface area contributed by atoms with Crippen molar-refractivity contribution in [1.29, 1.82) is 0 Å². The summed E-state index contributed by atoms with van der Waals surface area (Å²) in [5, 5.41) is 71.2. The molecule has 2 aromatic rings. The standard InChI is InChI=1S/C26H34O11/c1-34-19-6-12(3-4-17(19)29)22-15-8-18(30)20(35-2)7-13(15)5-14(9-27)16(22)11-36-26-25(33)24(32)23(31)21(10-28)37-26/h3-4,6-8,14,16,21-33H,5,9-11H2,1-2H3/t14-,16-,21+,22+,23+,24-,25+,26?/m0/s1. The van der Waals surface area contributed by atoms with Crippen LogP contribution in [0.4, 0.5) is 0 Å². The van der Waals surface area contributed by atoms with Crippen molar-refractivity contribution in [3.8, 4) is 23.0 Å². The molecule has 1 unspecified atom stereocenters. The first kappa shape index (κ1) is 27.4. The van der Waals surface area contributed by atoms with E-state index in [0.29, 0.717) is 12.2 Å². The van der Waals surface area contributed by atoms with Gasteiger partial charge in [-0.1, -0.05) is 6.07 Å². The summed E-state index contributed by atoms with van der Waals surface area (Å²) >= 11 is 0. The molecule has 1 fully saturated rings. The molecule has 2 aliphatic rings. The number of hydrogen-bond acceptors (Lipinski definition) is 11. The van der Waals surface area contributed by atoms with E-state index in [-0.39, 0.29) is 36.4 Å². The van der Waals surface area contributed by atoms with Gasteiger partial charge < -0.3 is 54.7 Å². The van der Waals surface area contributed by atoms with Gasteiger partial charge in [0.25, 0.3) is 0 Å². The smallest absolute Gasteiger partial charge is 0.186 e. The molecule has 0 aromatic heterocycles. The predicted molar refractivity (Wildman–Crippen MR) is 129 cm³/mol. The molecule has 11 heteroatoms. The average molecular weight is 523 g/mol. The molecule has 0 radical (unpaired) electrons. The lowest BCUT2D eigenvalue weighted by atomic mass is 9.67. The van der Waals surface area contributed by atoms with Gasteiger partial charge in [-0.05, 0) is 59.2 Å². The summed E-state index contributed by atoms with van der Waals surface area (Å²) in [4.78, 5) is 0. The van der Waals surface area contributed by atoms with Crippen LogP contribution in [0, 0.1) is 11.8 Å². The molecule has 0 saturated carbocycles. The molecule has 7 N–H and O–H groups in total. The van der Waals surface area contributed by atoms with Crippen molar-refractivity contribution in [2.75, 3.05) is 34.0 Å². The number of rotatable bonds is 8. The van der Waals surface area contributed by atoms with Crippen LogP contribution >= 0.6 is 0 Å². The molecule has 0 bridgehead atoms. The molecule has 204 valence electrons. The molecule has 1 aliphatic carbocycles. The molecule has 1 aliphatic heterocycles. The molecular weight excluding hydrogens is 488 g/mol. The van der Waals surface area contributed by atoms with Crippen LogP contribution in [0.5, 0.6) is 23.0 Å². The van der Waals surface area contributed by atoms with E-state index < -0.39 is 49.1 Å². The summed E-state index contributed by atoms with van der Waals surface area (Å²) in [6.45, 7) is -0.830. The van der Waals surface area contributed by atoms with E-state index in [4.69, 9.17) is 18.9 Å². The van der Waals surface area contributed by atoms with E-state index in [1.54, 1.807) is 24.3 Å². The number of aliphatic hydroxyl groups is 5. The number of fused-ring (bicyclic) bond motifs is 1. The van der Waals surface area contributed by atoms with Gasteiger partial charge in [-0.3, -0.25) is 0 Å². The van der Waals surface area contributed by atoms with E-state index in [0.717, 1.165) is 16.7 Å². The van der Waals surface area contributed by atoms with Gasteiger partial charge in [0.2, 0.25) is 0 Å². The summed E-state index contributed by atoms with van der Waals surface area (Å²) in [6, 6.07) is 8.22. The van der Waals surface area contributed by atoms with Crippen molar-refractivity contribution in [3.05, 3.63) is 47.0 Å². The van der Waals surface area contributed by atoms with Gasteiger partial charge in [-0.25, -0.2) is 0 Å². The molecule has 4 rings (SSSR count). The van der Waals surface area contributed by atoms with Gasteiger partial charge in [0.15, 0.2) is 29.3 Å². The fourth-order valence-electron chi connectivity index (χ4n) is 5.35. The average Bonchev–Trinajstić information content (AvgIpc) is 2.90. The van der Waals surface area contributed by atoms with Crippen LogP contribution in [-0.4, -0.2) is 100 Å². The molecule has 11 nitrogen and oxygen atoms in total. The van der Waals surface area contributed by atoms with Gasteiger partial charge in [0.05, 0.1) is 27.4 Å². The zero-order valence-electron chi connectivity index (χ0n) is 20.6. The molecule has 2 aromatic carbocycles. The number of phenolic OH excluding ortho intramolecular Hbond substituents is 2. The van der Waals surface area contributed by atoms with Crippen molar-refractivity contribution >= 4 is 0 Å². The number of aromatic hydroxyl groups is 2. The Kier molecular flexibility index (Phi) is 8.44. The minimum atomic E-state index is -1.59. The molecule has 1 saturated heterocycles. The van der Waals surface area contributed by atoms with Crippen LogP contribution in [0.1, 0.15) is 22.6 Å². The molecular formula is C26H34O11. The Balaban J connectivity index is 1.72. The maximum absolute atomic E-state index is 10.6.